The van der Waals surface area contributed by atoms with Crippen LogP contribution in [0.1, 0.15) is 40.9 Å². The first kappa shape index (κ1) is 15.9. The Balaban J connectivity index is 2.04. The van der Waals surface area contributed by atoms with Crippen molar-refractivity contribution in [3.63, 3.8) is 0 Å². The number of carbonyl (C=O) groups is 2. The predicted molar refractivity (Wildman–Crippen MR) is 91.9 cm³/mol. The average molecular weight is 331 g/mol. The van der Waals surface area contributed by atoms with E-state index in [0.29, 0.717) is 13.0 Å². The van der Waals surface area contributed by atoms with Crippen LogP contribution in [-0.2, 0) is 4.79 Å². The fourth-order valence-electron chi connectivity index (χ4n) is 3.16. The second-order valence-corrected chi connectivity index (χ2v) is 7.08. The largest absolute Gasteiger partial charge is 0.344 e. The molecule has 1 aliphatic rings. The predicted octanol–water partition coefficient (Wildman–Crippen LogP) is 2.72. The van der Waals surface area contributed by atoms with Gasteiger partial charge in [0, 0.05) is 51.1 Å². The van der Waals surface area contributed by atoms with Crippen LogP contribution in [0.2, 0.25) is 0 Å². The molecule has 5 nitrogen and oxygen atoms in total. The van der Waals surface area contributed by atoms with Crippen LogP contribution >= 0.6 is 11.3 Å². The Labute approximate surface area is 139 Å². The minimum atomic E-state index is 0.0169. The minimum Gasteiger partial charge on any atom is -0.344 e. The highest BCUT2D eigenvalue weighted by Crippen LogP contribution is 2.39. The van der Waals surface area contributed by atoms with Gasteiger partial charge in [-0.15, -0.1) is 11.3 Å². The summed E-state index contributed by atoms with van der Waals surface area (Å²) in [6.07, 6.45) is 3.19. The molecule has 1 saturated heterocycles. The van der Waals surface area contributed by atoms with Gasteiger partial charge in [-0.2, -0.15) is 0 Å². The van der Waals surface area contributed by atoms with Gasteiger partial charge in [-0.1, -0.05) is 13.0 Å². The normalized spacial score (nSPS) is 17.7. The van der Waals surface area contributed by atoms with E-state index in [1.165, 1.54) is 11.3 Å². The van der Waals surface area contributed by atoms with Gasteiger partial charge < -0.3 is 9.80 Å². The van der Waals surface area contributed by atoms with Crippen molar-refractivity contribution in [2.24, 2.45) is 0 Å². The molecule has 1 aliphatic heterocycles. The Hall–Kier alpha value is -1.95. The number of carbonyl (C=O) groups excluding carboxylic acids is 2. The number of amides is 2. The summed E-state index contributed by atoms with van der Waals surface area (Å²) in [5.74, 6) is 0.413. The van der Waals surface area contributed by atoms with Crippen LogP contribution < -0.4 is 0 Å². The maximum Gasteiger partial charge on any atom is 0.263 e. The lowest BCUT2D eigenvalue weighted by atomic mass is 9.95. The highest BCUT2D eigenvalue weighted by molar-refractivity contribution is 7.20. The van der Waals surface area contributed by atoms with Crippen LogP contribution in [-0.4, -0.2) is 53.8 Å². The van der Waals surface area contributed by atoms with Crippen LogP contribution in [0.3, 0.4) is 0 Å². The molecule has 0 bridgehead atoms. The second kappa shape index (κ2) is 6.28. The summed E-state index contributed by atoms with van der Waals surface area (Å²) < 4.78 is 0. The number of aromatic nitrogens is 1. The molecule has 122 valence electrons. The zero-order chi connectivity index (χ0) is 16.6. The van der Waals surface area contributed by atoms with Gasteiger partial charge in [0.25, 0.3) is 5.91 Å². The van der Waals surface area contributed by atoms with E-state index in [1.807, 2.05) is 24.0 Å². The lowest BCUT2D eigenvalue weighted by Gasteiger charge is -2.17. The van der Waals surface area contributed by atoms with Gasteiger partial charge in [-0.25, -0.2) is 4.98 Å². The highest BCUT2D eigenvalue weighted by atomic mass is 32.1. The van der Waals surface area contributed by atoms with Crippen molar-refractivity contribution in [2.75, 3.05) is 27.2 Å². The van der Waals surface area contributed by atoms with E-state index in [4.69, 9.17) is 0 Å². The molecule has 6 heteroatoms. The number of hydrogen-bond acceptors (Lipinski definition) is 4. The molecule has 23 heavy (non-hydrogen) atoms. The molecule has 3 heterocycles. The number of pyridine rings is 1. The molecular weight excluding hydrogens is 310 g/mol. The summed E-state index contributed by atoms with van der Waals surface area (Å²) in [6, 6.07) is 3.94. The monoisotopic (exact) mass is 331 g/mol. The number of fused-ring (bicyclic) bond motifs is 1. The SMILES string of the molecule is CCC(=O)N1CCC(c2c(C(=O)N(C)C)sc3ncccc23)C1. The second-order valence-electron chi connectivity index (χ2n) is 6.08. The Bertz CT molecular complexity index is 753. The Morgan fingerprint density at radius 3 is 2.91 bits per heavy atom. The molecule has 3 rings (SSSR count). The molecule has 0 aliphatic carbocycles. The van der Waals surface area contributed by atoms with Gasteiger partial charge in [0.05, 0.1) is 4.88 Å². The first-order valence-corrected chi connectivity index (χ1v) is 8.71. The summed E-state index contributed by atoms with van der Waals surface area (Å²) in [7, 11) is 3.54. The third-order valence-corrected chi connectivity index (χ3v) is 5.47. The maximum absolute atomic E-state index is 12.6. The quantitative estimate of drug-likeness (QED) is 0.869. The topological polar surface area (TPSA) is 53.5 Å². The van der Waals surface area contributed by atoms with Gasteiger partial charge in [0.15, 0.2) is 0 Å². The molecule has 0 saturated carbocycles. The maximum atomic E-state index is 12.6. The van der Waals surface area contributed by atoms with Crippen molar-refractivity contribution in [2.45, 2.75) is 25.7 Å². The summed E-state index contributed by atoms with van der Waals surface area (Å²) in [6.45, 7) is 3.35. The number of thiophene rings is 1. The molecule has 0 N–H and O–H groups in total. The van der Waals surface area contributed by atoms with Crippen molar-refractivity contribution in [3.8, 4) is 0 Å². The summed E-state index contributed by atoms with van der Waals surface area (Å²) in [5, 5.41) is 1.05. The van der Waals surface area contributed by atoms with Gasteiger partial charge in [-0.3, -0.25) is 9.59 Å². The van der Waals surface area contributed by atoms with Crippen molar-refractivity contribution in [1.82, 2.24) is 14.8 Å². The molecule has 2 aromatic heterocycles. The van der Waals surface area contributed by atoms with Crippen LogP contribution in [0.15, 0.2) is 18.3 Å². The smallest absolute Gasteiger partial charge is 0.263 e. The Morgan fingerprint density at radius 2 is 2.22 bits per heavy atom. The number of nitrogens with zero attached hydrogens (tertiary/aromatic N) is 3. The number of likely N-dealkylation sites (tertiary alicyclic amines) is 1. The van der Waals surface area contributed by atoms with E-state index >= 15 is 0 Å². The van der Waals surface area contributed by atoms with Gasteiger partial charge in [0.2, 0.25) is 5.91 Å². The highest BCUT2D eigenvalue weighted by Gasteiger charge is 2.32. The lowest BCUT2D eigenvalue weighted by Crippen LogP contribution is -2.28. The van der Waals surface area contributed by atoms with E-state index in [0.717, 1.165) is 33.6 Å². The fourth-order valence-corrected chi connectivity index (χ4v) is 4.42. The fraction of sp³-hybridized carbons (Fsp3) is 0.471. The van der Waals surface area contributed by atoms with E-state index in [-0.39, 0.29) is 17.7 Å². The summed E-state index contributed by atoms with van der Waals surface area (Å²) >= 11 is 1.46. The van der Waals surface area contributed by atoms with Crippen molar-refractivity contribution >= 4 is 33.4 Å². The number of rotatable bonds is 3. The van der Waals surface area contributed by atoms with Crippen LogP contribution in [0, 0.1) is 0 Å². The first-order valence-electron chi connectivity index (χ1n) is 7.89. The van der Waals surface area contributed by atoms with E-state index < -0.39 is 0 Å². The van der Waals surface area contributed by atoms with Gasteiger partial charge in [0.1, 0.15) is 4.83 Å². The molecule has 1 unspecified atom stereocenters. The standard InChI is InChI=1S/C17H21N3O2S/c1-4-13(21)20-9-7-11(10-20)14-12-6-5-8-18-16(12)23-15(14)17(22)19(2)3/h5-6,8,11H,4,7,9-10H2,1-3H3. The van der Waals surface area contributed by atoms with Crippen molar-refractivity contribution in [1.29, 1.82) is 0 Å². The molecule has 1 atom stereocenters. The van der Waals surface area contributed by atoms with Gasteiger partial charge >= 0.3 is 0 Å². The summed E-state index contributed by atoms with van der Waals surface area (Å²) in [5.41, 5.74) is 1.07. The molecule has 0 aromatic carbocycles. The van der Waals surface area contributed by atoms with E-state index in [2.05, 4.69) is 4.98 Å². The van der Waals surface area contributed by atoms with Crippen LogP contribution in [0.25, 0.3) is 10.2 Å². The Kier molecular flexibility index (Phi) is 4.35. The van der Waals surface area contributed by atoms with Gasteiger partial charge in [-0.05, 0) is 18.1 Å². The molecule has 2 aromatic rings. The van der Waals surface area contributed by atoms with E-state index in [1.54, 1.807) is 25.2 Å². The number of hydrogen-bond donors (Lipinski definition) is 0. The molecular formula is C17H21N3O2S. The third kappa shape index (κ3) is 2.83. The molecule has 1 fully saturated rings. The van der Waals surface area contributed by atoms with Crippen molar-refractivity contribution < 1.29 is 9.59 Å². The zero-order valence-electron chi connectivity index (χ0n) is 13.7. The molecule has 0 radical (unpaired) electrons. The summed E-state index contributed by atoms with van der Waals surface area (Å²) in [4.78, 5) is 34.1. The van der Waals surface area contributed by atoms with Crippen LogP contribution in [0.5, 0.6) is 0 Å². The van der Waals surface area contributed by atoms with E-state index in [9.17, 15) is 9.59 Å². The van der Waals surface area contributed by atoms with Crippen LogP contribution in [0.4, 0.5) is 0 Å². The van der Waals surface area contributed by atoms with Crippen molar-refractivity contribution in [3.05, 3.63) is 28.8 Å². The molecule has 2 amide bonds. The zero-order valence-corrected chi connectivity index (χ0v) is 14.5. The lowest BCUT2D eigenvalue weighted by molar-refractivity contribution is -0.129. The molecule has 0 spiro atoms. The first-order chi connectivity index (χ1) is 11.0. The minimum absolute atomic E-state index is 0.0169. The average Bonchev–Trinajstić information content (AvgIpc) is 3.17. The Morgan fingerprint density at radius 1 is 1.43 bits per heavy atom. The third-order valence-electron chi connectivity index (χ3n) is 4.36.